The maximum absolute atomic E-state index is 11.2. The second kappa shape index (κ2) is 2.83. The summed E-state index contributed by atoms with van der Waals surface area (Å²) in [6.07, 6.45) is 0.952. The van der Waals surface area contributed by atoms with Gasteiger partial charge in [0.1, 0.15) is 0 Å². The largest absolute Gasteiger partial charge is 0.304 e. The quantitative estimate of drug-likeness (QED) is 0.586. The summed E-state index contributed by atoms with van der Waals surface area (Å²) in [6, 6.07) is 0. The van der Waals surface area contributed by atoms with Crippen LogP contribution in [0.25, 0.3) is 11.2 Å². The average Bonchev–Trinajstić information content (AvgIpc) is 2.16. The van der Waals surface area contributed by atoms with Crippen LogP contribution in [0.1, 0.15) is 0 Å². The van der Waals surface area contributed by atoms with Crippen molar-refractivity contribution >= 4 is 17.1 Å². The summed E-state index contributed by atoms with van der Waals surface area (Å²) >= 11 is 0. The van der Waals surface area contributed by atoms with E-state index in [2.05, 4.69) is 25.1 Å². The molecule has 0 saturated heterocycles. The van der Waals surface area contributed by atoms with Gasteiger partial charge in [0.2, 0.25) is 0 Å². The second-order valence-corrected chi connectivity index (χ2v) is 2.43. The molecule has 2 aromatic rings. The highest BCUT2D eigenvalue weighted by atomic mass is 16.3. The molecule has 2 rings (SSSR count). The molecule has 0 fully saturated rings. The number of aromatic nitrogens is 4. The van der Waals surface area contributed by atoms with Crippen LogP contribution in [0.2, 0.25) is 0 Å². The van der Waals surface area contributed by atoms with E-state index in [1.165, 1.54) is 0 Å². The van der Waals surface area contributed by atoms with Gasteiger partial charge in [0.25, 0.3) is 17.1 Å². The Balaban J connectivity index is 2.97. The third kappa shape index (κ3) is 1.18. The fraction of sp³-hybridized carbons (Fsp3) is 0. The van der Waals surface area contributed by atoms with Crippen molar-refractivity contribution in [1.82, 2.24) is 19.9 Å². The van der Waals surface area contributed by atoms with Crippen molar-refractivity contribution in [3.63, 3.8) is 0 Å². The molecule has 2 heterocycles. The Labute approximate surface area is 75.0 Å². The van der Waals surface area contributed by atoms with Crippen molar-refractivity contribution in [2.24, 2.45) is 5.18 Å². The van der Waals surface area contributed by atoms with Crippen LogP contribution in [-0.2, 0) is 0 Å². The summed E-state index contributed by atoms with van der Waals surface area (Å²) in [4.78, 5) is 43.6. The number of nitrogens with zero attached hydrogens (tertiary/aromatic N) is 3. The molecular weight excluding hydrogens is 190 g/mol. The highest BCUT2D eigenvalue weighted by Crippen LogP contribution is 2.02. The SMILES string of the molecule is O=Nc1nc2[nH]c(=O)cnc2c(=O)[nH]1. The van der Waals surface area contributed by atoms with E-state index in [9.17, 15) is 14.5 Å². The molecule has 0 amide bonds. The minimum atomic E-state index is -0.624. The smallest absolute Gasteiger partial charge is 0.280 e. The molecule has 0 atom stereocenters. The van der Waals surface area contributed by atoms with Gasteiger partial charge in [0.05, 0.1) is 6.20 Å². The Morgan fingerprint density at radius 2 is 2.07 bits per heavy atom. The molecule has 0 aromatic carbocycles. The monoisotopic (exact) mass is 193 g/mol. The van der Waals surface area contributed by atoms with Gasteiger partial charge in [-0.15, -0.1) is 4.91 Å². The zero-order valence-corrected chi connectivity index (χ0v) is 6.64. The molecule has 14 heavy (non-hydrogen) atoms. The molecule has 0 radical (unpaired) electrons. The predicted octanol–water partition coefficient (Wildman–Crippen LogP) is -0.596. The summed E-state index contributed by atoms with van der Waals surface area (Å²) in [6.45, 7) is 0. The number of H-pyrrole nitrogens is 2. The number of hydrogen-bond acceptors (Lipinski definition) is 6. The molecule has 2 aromatic heterocycles. The van der Waals surface area contributed by atoms with Gasteiger partial charge in [-0.1, -0.05) is 0 Å². The van der Waals surface area contributed by atoms with Crippen LogP contribution in [0.4, 0.5) is 5.95 Å². The van der Waals surface area contributed by atoms with Crippen molar-refractivity contribution < 1.29 is 0 Å². The van der Waals surface area contributed by atoms with Gasteiger partial charge in [0, 0.05) is 5.18 Å². The Morgan fingerprint density at radius 1 is 1.29 bits per heavy atom. The van der Waals surface area contributed by atoms with Gasteiger partial charge in [0.15, 0.2) is 11.2 Å². The number of aromatic amines is 2. The molecule has 0 aliphatic heterocycles. The van der Waals surface area contributed by atoms with Crippen LogP contribution in [-0.4, -0.2) is 19.9 Å². The number of nitroso groups, excluding NO2 is 1. The molecule has 0 aliphatic carbocycles. The Bertz CT molecular complexity index is 613. The number of fused-ring (bicyclic) bond motifs is 1. The third-order valence-electron chi connectivity index (χ3n) is 1.52. The number of hydrogen-bond donors (Lipinski definition) is 2. The molecule has 70 valence electrons. The summed E-state index contributed by atoms with van der Waals surface area (Å²) in [5.41, 5.74) is -1.24. The highest BCUT2D eigenvalue weighted by molar-refractivity contribution is 5.68. The van der Waals surface area contributed by atoms with E-state index in [0.717, 1.165) is 6.20 Å². The summed E-state index contributed by atoms with van der Waals surface area (Å²) in [5, 5.41) is 2.44. The lowest BCUT2D eigenvalue weighted by atomic mass is 10.5. The van der Waals surface area contributed by atoms with Crippen LogP contribution >= 0.6 is 0 Å². The standard InChI is InChI=1S/C6H3N5O3/c12-2-1-7-3-4(8-2)9-6(11-14)10-5(3)13/h1H,(H2,8,9,10,12,13). The van der Waals surface area contributed by atoms with Crippen LogP contribution in [0.5, 0.6) is 0 Å². The Kier molecular flexibility index (Phi) is 1.67. The van der Waals surface area contributed by atoms with Gasteiger partial charge in [-0.2, -0.15) is 4.98 Å². The van der Waals surface area contributed by atoms with E-state index in [4.69, 9.17) is 0 Å². The van der Waals surface area contributed by atoms with Crippen LogP contribution in [0.3, 0.4) is 0 Å². The second-order valence-electron chi connectivity index (χ2n) is 2.43. The van der Waals surface area contributed by atoms with E-state index in [-0.39, 0.29) is 11.2 Å². The van der Waals surface area contributed by atoms with Gasteiger partial charge < -0.3 is 4.98 Å². The fourth-order valence-electron chi connectivity index (χ4n) is 0.977. The lowest BCUT2D eigenvalue weighted by Gasteiger charge is -1.93. The summed E-state index contributed by atoms with van der Waals surface area (Å²) < 4.78 is 0. The molecule has 8 nitrogen and oxygen atoms in total. The Hall–Kier alpha value is -2.38. The maximum atomic E-state index is 11.2. The van der Waals surface area contributed by atoms with E-state index in [1.54, 1.807) is 0 Å². The van der Waals surface area contributed by atoms with E-state index >= 15 is 0 Å². The lowest BCUT2D eigenvalue weighted by molar-refractivity contribution is 1.07. The van der Waals surface area contributed by atoms with Crippen molar-refractivity contribution in [1.29, 1.82) is 0 Å². The molecule has 0 unspecified atom stereocenters. The highest BCUT2D eigenvalue weighted by Gasteiger charge is 2.05. The number of rotatable bonds is 1. The average molecular weight is 193 g/mol. The Morgan fingerprint density at radius 3 is 2.79 bits per heavy atom. The minimum absolute atomic E-state index is 0.0444. The van der Waals surface area contributed by atoms with Gasteiger partial charge >= 0.3 is 0 Å². The molecule has 0 bridgehead atoms. The maximum Gasteiger partial charge on any atom is 0.280 e. The summed E-state index contributed by atoms with van der Waals surface area (Å²) in [7, 11) is 0. The van der Waals surface area contributed by atoms with Crippen molar-refractivity contribution in [2.45, 2.75) is 0 Å². The van der Waals surface area contributed by atoms with Gasteiger partial charge in [-0.05, 0) is 0 Å². The normalized spacial score (nSPS) is 10.3. The summed E-state index contributed by atoms with van der Waals surface area (Å²) in [5.74, 6) is -0.397. The third-order valence-corrected chi connectivity index (χ3v) is 1.52. The van der Waals surface area contributed by atoms with E-state index in [0.29, 0.717) is 0 Å². The predicted molar refractivity (Wildman–Crippen MR) is 46.2 cm³/mol. The number of nitrogens with one attached hydrogen (secondary N) is 2. The molecule has 8 heteroatoms. The first kappa shape index (κ1) is 8.23. The van der Waals surface area contributed by atoms with Crippen molar-refractivity contribution in [3.8, 4) is 0 Å². The van der Waals surface area contributed by atoms with E-state index in [1.807, 2.05) is 0 Å². The van der Waals surface area contributed by atoms with Crippen LogP contribution in [0.15, 0.2) is 21.0 Å². The molecule has 0 saturated carbocycles. The first-order valence-electron chi connectivity index (χ1n) is 3.53. The first-order valence-corrected chi connectivity index (χ1v) is 3.53. The zero-order valence-electron chi connectivity index (χ0n) is 6.64. The van der Waals surface area contributed by atoms with Crippen LogP contribution in [0, 0.1) is 4.91 Å². The van der Waals surface area contributed by atoms with Crippen molar-refractivity contribution in [3.05, 3.63) is 31.8 Å². The molecular formula is C6H3N5O3. The molecule has 0 spiro atoms. The minimum Gasteiger partial charge on any atom is -0.304 e. The zero-order chi connectivity index (χ0) is 10.1. The van der Waals surface area contributed by atoms with Gasteiger partial charge in [-0.3, -0.25) is 14.6 Å². The van der Waals surface area contributed by atoms with Crippen LogP contribution < -0.4 is 11.1 Å². The lowest BCUT2D eigenvalue weighted by Crippen LogP contribution is -2.14. The first-order chi connectivity index (χ1) is 6.70. The fourth-order valence-corrected chi connectivity index (χ4v) is 0.977. The van der Waals surface area contributed by atoms with Gasteiger partial charge in [-0.25, -0.2) is 4.98 Å². The van der Waals surface area contributed by atoms with E-state index < -0.39 is 17.1 Å². The molecule has 2 N–H and O–H groups in total. The topological polar surface area (TPSA) is 121 Å². The molecule has 0 aliphatic rings. The van der Waals surface area contributed by atoms with Crippen molar-refractivity contribution in [2.75, 3.05) is 0 Å².